The van der Waals surface area contributed by atoms with E-state index in [4.69, 9.17) is 9.84 Å². The first-order valence-corrected chi connectivity index (χ1v) is 7.41. The number of aliphatic hydroxyl groups is 1. The van der Waals surface area contributed by atoms with Gasteiger partial charge >= 0.3 is 0 Å². The second-order valence-corrected chi connectivity index (χ2v) is 5.17. The summed E-state index contributed by atoms with van der Waals surface area (Å²) in [6, 6.07) is 13.6. The van der Waals surface area contributed by atoms with Crippen molar-refractivity contribution in [3.05, 3.63) is 59.2 Å². The van der Waals surface area contributed by atoms with E-state index in [9.17, 15) is 0 Å². The fourth-order valence-corrected chi connectivity index (χ4v) is 2.17. The molecule has 0 amide bonds. The molecule has 0 bridgehead atoms. The molecule has 0 atom stereocenters. The molecule has 2 aromatic rings. The molecule has 0 heterocycles. The van der Waals surface area contributed by atoms with Crippen molar-refractivity contribution in [1.82, 2.24) is 5.32 Å². The summed E-state index contributed by atoms with van der Waals surface area (Å²) in [5.74, 6) is 1.57. The van der Waals surface area contributed by atoms with E-state index in [0.29, 0.717) is 0 Å². The molecule has 2 N–H and O–H groups in total. The van der Waals surface area contributed by atoms with Crippen molar-refractivity contribution in [1.29, 1.82) is 0 Å². The lowest BCUT2D eigenvalue weighted by atomic mass is 10.1. The van der Waals surface area contributed by atoms with Gasteiger partial charge in [0.15, 0.2) is 0 Å². The topological polar surface area (TPSA) is 41.5 Å². The number of aliphatic hydroxyl groups excluding tert-OH is 1. The van der Waals surface area contributed by atoms with Crippen LogP contribution in [0.3, 0.4) is 0 Å². The first-order valence-electron chi connectivity index (χ1n) is 7.41. The second kappa shape index (κ2) is 7.81. The Morgan fingerprint density at radius 3 is 2.62 bits per heavy atom. The van der Waals surface area contributed by atoms with Crippen molar-refractivity contribution in [3.63, 3.8) is 0 Å². The van der Waals surface area contributed by atoms with Crippen molar-refractivity contribution in [2.75, 3.05) is 6.54 Å². The van der Waals surface area contributed by atoms with Gasteiger partial charge in [0, 0.05) is 6.54 Å². The van der Waals surface area contributed by atoms with E-state index in [0.717, 1.165) is 36.6 Å². The monoisotopic (exact) mass is 285 g/mol. The lowest BCUT2D eigenvalue weighted by Gasteiger charge is -2.11. The normalized spacial score (nSPS) is 10.6. The van der Waals surface area contributed by atoms with Gasteiger partial charge in [-0.1, -0.05) is 25.1 Å². The second-order valence-electron chi connectivity index (χ2n) is 5.17. The number of hydrogen-bond acceptors (Lipinski definition) is 3. The minimum atomic E-state index is 0.0261. The zero-order chi connectivity index (χ0) is 15.1. The SMILES string of the molecule is CCCNCc1ccc(Oc2cccc(CO)c2)cc1C. The van der Waals surface area contributed by atoms with Crippen LogP contribution in [0.5, 0.6) is 11.5 Å². The van der Waals surface area contributed by atoms with E-state index >= 15 is 0 Å². The molecule has 0 aliphatic heterocycles. The van der Waals surface area contributed by atoms with E-state index in [2.05, 4.69) is 31.3 Å². The average molecular weight is 285 g/mol. The van der Waals surface area contributed by atoms with Crippen LogP contribution in [-0.2, 0) is 13.2 Å². The quantitative estimate of drug-likeness (QED) is 0.761. The number of benzene rings is 2. The van der Waals surface area contributed by atoms with Crippen molar-refractivity contribution in [2.45, 2.75) is 33.4 Å². The molecule has 0 saturated carbocycles. The van der Waals surface area contributed by atoms with Crippen molar-refractivity contribution in [3.8, 4) is 11.5 Å². The number of ether oxygens (including phenoxy) is 1. The summed E-state index contributed by atoms with van der Waals surface area (Å²) in [5.41, 5.74) is 3.36. The molecule has 3 nitrogen and oxygen atoms in total. The van der Waals surface area contributed by atoms with Gasteiger partial charge in [0.05, 0.1) is 6.61 Å². The van der Waals surface area contributed by atoms with Crippen LogP contribution >= 0.6 is 0 Å². The summed E-state index contributed by atoms with van der Waals surface area (Å²) >= 11 is 0. The van der Waals surface area contributed by atoms with Gasteiger partial charge in [0.2, 0.25) is 0 Å². The molecule has 21 heavy (non-hydrogen) atoms. The van der Waals surface area contributed by atoms with Crippen LogP contribution in [0.2, 0.25) is 0 Å². The Balaban J connectivity index is 2.05. The molecule has 0 unspecified atom stereocenters. The molecular formula is C18H23NO2. The van der Waals surface area contributed by atoms with Gasteiger partial charge in [-0.15, -0.1) is 0 Å². The summed E-state index contributed by atoms with van der Waals surface area (Å²) in [7, 11) is 0. The van der Waals surface area contributed by atoms with Crippen molar-refractivity contribution < 1.29 is 9.84 Å². The van der Waals surface area contributed by atoms with E-state index < -0.39 is 0 Å². The van der Waals surface area contributed by atoms with E-state index in [-0.39, 0.29) is 6.61 Å². The van der Waals surface area contributed by atoms with Gasteiger partial charge < -0.3 is 15.2 Å². The number of rotatable bonds is 7. The van der Waals surface area contributed by atoms with Gasteiger partial charge in [-0.3, -0.25) is 0 Å². The van der Waals surface area contributed by atoms with Gasteiger partial charge in [0.1, 0.15) is 11.5 Å². The molecule has 0 saturated heterocycles. The Morgan fingerprint density at radius 2 is 1.90 bits per heavy atom. The first kappa shape index (κ1) is 15.5. The number of aryl methyl sites for hydroxylation is 1. The molecule has 3 heteroatoms. The maximum absolute atomic E-state index is 9.15. The fourth-order valence-electron chi connectivity index (χ4n) is 2.17. The lowest BCUT2D eigenvalue weighted by Crippen LogP contribution is -2.14. The average Bonchev–Trinajstić information content (AvgIpc) is 2.50. The van der Waals surface area contributed by atoms with Crippen LogP contribution in [0.4, 0.5) is 0 Å². The summed E-state index contributed by atoms with van der Waals surface area (Å²) in [4.78, 5) is 0. The van der Waals surface area contributed by atoms with Crippen LogP contribution in [0.15, 0.2) is 42.5 Å². The Hall–Kier alpha value is -1.84. The molecule has 0 fully saturated rings. The third-order valence-corrected chi connectivity index (χ3v) is 3.37. The molecule has 2 rings (SSSR count). The fraction of sp³-hybridized carbons (Fsp3) is 0.333. The molecule has 0 aliphatic carbocycles. The van der Waals surface area contributed by atoms with Crippen LogP contribution in [0.1, 0.15) is 30.0 Å². The van der Waals surface area contributed by atoms with Gasteiger partial charge in [-0.05, 0) is 60.8 Å². The highest BCUT2D eigenvalue weighted by atomic mass is 16.5. The van der Waals surface area contributed by atoms with Crippen LogP contribution in [0.25, 0.3) is 0 Å². The maximum atomic E-state index is 9.15. The van der Waals surface area contributed by atoms with E-state index in [1.165, 1.54) is 11.1 Å². The number of hydrogen-bond donors (Lipinski definition) is 2. The predicted octanol–water partition coefficient (Wildman–Crippen LogP) is 3.78. The van der Waals surface area contributed by atoms with Crippen molar-refractivity contribution in [2.24, 2.45) is 0 Å². The molecule has 0 radical (unpaired) electrons. The smallest absolute Gasteiger partial charge is 0.127 e. The van der Waals surface area contributed by atoms with E-state index in [1.54, 1.807) is 0 Å². The Morgan fingerprint density at radius 1 is 1.10 bits per heavy atom. The van der Waals surface area contributed by atoms with Crippen LogP contribution in [-0.4, -0.2) is 11.7 Å². The molecule has 0 aromatic heterocycles. The maximum Gasteiger partial charge on any atom is 0.127 e. The molecule has 112 valence electrons. The third kappa shape index (κ3) is 4.59. The largest absolute Gasteiger partial charge is 0.457 e. The molecular weight excluding hydrogens is 262 g/mol. The Labute approximate surface area is 126 Å². The highest BCUT2D eigenvalue weighted by molar-refractivity contribution is 5.38. The van der Waals surface area contributed by atoms with Gasteiger partial charge in [-0.25, -0.2) is 0 Å². The van der Waals surface area contributed by atoms with Crippen LogP contribution in [0, 0.1) is 6.92 Å². The third-order valence-electron chi connectivity index (χ3n) is 3.37. The lowest BCUT2D eigenvalue weighted by molar-refractivity contribution is 0.281. The zero-order valence-corrected chi connectivity index (χ0v) is 12.7. The summed E-state index contributed by atoms with van der Waals surface area (Å²) in [5, 5.41) is 12.6. The molecule has 2 aromatic carbocycles. The van der Waals surface area contributed by atoms with E-state index in [1.807, 2.05) is 30.3 Å². The predicted molar refractivity (Wildman–Crippen MR) is 85.6 cm³/mol. The standard InChI is InChI=1S/C18H23NO2/c1-3-9-19-12-16-7-8-18(10-14(16)2)21-17-6-4-5-15(11-17)13-20/h4-8,10-11,19-20H,3,9,12-13H2,1-2H3. The molecule has 0 aliphatic rings. The highest BCUT2D eigenvalue weighted by Crippen LogP contribution is 2.24. The number of nitrogens with one attached hydrogen (secondary N) is 1. The summed E-state index contributed by atoms with van der Waals surface area (Å²) in [6.45, 7) is 6.21. The summed E-state index contributed by atoms with van der Waals surface area (Å²) in [6.07, 6.45) is 1.14. The van der Waals surface area contributed by atoms with Crippen LogP contribution < -0.4 is 10.1 Å². The van der Waals surface area contributed by atoms with Gasteiger partial charge in [-0.2, -0.15) is 0 Å². The Bertz CT molecular complexity index is 581. The van der Waals surface area contributed by atoms with Gasteiger partial charge in [0.25, 0.3) is 0 Å². The summed E-state index contributed by atoms with van der Waals surface area (Å²) < 4.78 is 5.85. The molecule has 0 spiro atoms. The Kier molecular flexibility index (Phi) is 5.78. The highest BCUT2D eigenvalue weighted by Gasteiger charge is 2.03. The zero-order valence-electron chi connectivity index (χ0n) is 12.7. The minimum absolute atomic E-state index is 0.0261. The minimum Gasteiger partial charge on any atom is -0.457 e. The van der Waals surface area contributed by atoms with Crippen molar-refractivity contribution >= 4 is 0 Å². The first-order chi connectivity index (χ1) is 10.2.